The van der Waals surface area contributed by atoms with Crippen LogP contribution in [0.15, 0.2) is 36.4 Å². The molecule has 0 radical (unpaired) electrons. The van der Waals surface area contributed by atoms with Crippen LogP contribution >= 0.6 is 0 Å². The van der Waals surface area contributed by atoms with Crippen LogP contribution in [0.3, 0.4) is 0 Å². The molecule has 1 saturated carbocycles. The number of para-hydroxylation sites is 1. The molecule has 0 unspecified atom stereocenters. The summed E-state index contributed by atoms with van der Waals surface area (Å²) in [6, 6.07) is 6.40. The highest BCUT2D eigenvalue weighted by atomic mass is 19.3. The summed E-state index contributed by atoms with van der Waals surface area (Å²) in [5, 5.41) is 6.29. The number of hydrogen-bond donors (Lipinski definition) is 2. The summed E-state index contributed by atoms with van der Waals surface area (Å²) < 4.78 is 63.7. The molecule has 0 aromatic heterocycles. The van der Waals surface area contributed by atoms with Gasteiger partial charge in [0.2, 0.25) is 5.91 Å². The predicted octanol–water partition coefficient (Wildman–Crippen LogP) is 5.07. The van der Waals surface area contributed by atoms with E-state index in [4.69, 9.17) is 4.74 Å². The van der Waals surface area contributed by atoms with Gasteiger partial charge in [-0.1, -0.05) is 18.2 Å². The second-order valence-electron chi connectivity index (χ2n) is 10.9. The molecule has 2 N–H and O–H groups in total. The first-order valence-corrected chi connectivity index (χ1v) is 13.5. The first-order chi connectivity index (χ1) is 18.2. The molecule has 2 saturated heterocycles. The lowest BCUT2D eigenvalue weighted by Crippen LogP contribution is -2.64. The van der Waals surface area contributed by atoms with Crippen molar-refractivity contribution in [1.82, 2.24) is 15.5 Å². The Bertz CT molecular complexity index is 1140. The molecule has 2 aliphatic heterocycles. The average Bonchev–Trinajstić information content (AvgIpc) is 3.33. The van der Waals surface area contributed by atoms with Crippen molar-refractivity contribution in [2.75, 3.05) is 26.7 Å². The number of alkyl halides is 2. The molecule has 2 atom stereocenters. The van der Waals surface area contributed by atoms with Crippen LogP contribution in [-0.4, -0.2) is 61.1 Å². The van der Waals surface area contributed by atoms with Crippen molar-refractivity contribution in [2.45, 2.75) is 74.9 Å². The average molecular weight is 534 g/mol. The van der Waals surface area contributed by atoms with Gasteiger partial charge in [-0.15, -0.1) is 0 Å². The van der Waals surface area contributed by atoms with E-state index in [0.29, 0.717) is 24.0 Å². The van der Waals surface area contributed by atoms with Crippen LogP contribution in [0.25, 0.3) is 11.1 Å². The van der Waals surface area contributed by atoms with Gasteiger partial charge in [-0.25, -0.2) is 17.6 Å². The molecule has 5 rings (SSSR count). The van der Waals surface area contributed by atoms with Crippen LogP contribution in [0.1, 0.15) is 50.5 Å². The Labute approximate surface area is 220 Å². The van der Waals surface area contributed by atoms with Crippen molar-refractivity contribution < 1.29 is 27.1 Å². The van der Waals surface area contributed by atoms with E-state index >= 15 is 8.78 Å². The molecule has 206 valence electrons. The number of halogens is 4. The number of piperidine rings is 1. The molecule has 38 heavy (non-hydrogen) atoms. The van der Waals surface area contributed by atoms with E-state index in [2.05, 4.69) is 15.5 Å². The first-order valence-electron chi connectivity index (χ1n) is 13.5. The van der Waals surface area contributed by atoms with Crippen LogP contribution in [0.5, 0.6) is 5.75 Å². The van der Waals surface area contributed by atoms with Gasteiger partial charge >= 0.3 is 0 Å². The minimum atomic E-state index is -3.01. The van der Waals surface area contributed by atoms with Crippen molar-refractivity contribution in [3.63, 3.8) is 0 Å². The van der Waals surface area contributed by atoms with Gasteiger partial charge in [0, 0.05) is 48.3 Å². The fourth-order valence-electron chi connectivity index (χ4n) is 6.62. The third-order valence-electron chi connectivity index (χ3n) is 8.55. The number of nitrogens with zero attached hydrogens (tertiary/aromatic N) is 1. The Balaban J connectivity index is 1.32. The molecule has 5 nitrogen and oxygen atoms in total. The number of hydrogen-bond acceptors (Lipinski definition) is 4. The van der Waals surface area contributed by atoms with Crippen LogP contribution in [0.2, 0.25) is 0 Å². The van der Waals surface area contributed by atoms with Crippen molar-refractivity contribution in [3.05, 3.63) is 53.6 Å². The summed E-state index contributed by atoms with van der Waals surface area (Å²) in [5.41, 5.74) is 1.27. The standard InChI is InChI=1S/C29H35F4N3O2/c1-38-26-19(5-2-6-23(26)20-15-21(30)18-22(31)16-20)17-25(37)35-27-24(7-3-9-29(27,32)33)36-13-10-28(11-14-36)8-4-12-34-28/h2,5-6,15-16,18,24,27,34H,3-4,7-14,17H2,1H3,(H,35,37)/t24-,27+/m0/s1. The lowest BCUT2D eigenvalue weighted by atomic mass is 9.81. The second-order valence-corrected chi connectivity index (χ2v) is 10.9. The highest BCUT2D eigenvalue weighted by Gasteiger charge is 2.50. The van der Waals surface area contributed by atoms with E-state index < -0.39 is 35.5 Å². The van der Waals surface area contributed by atoms with Gasteiger partial charge in [0.15, 0.2) is 0 Å². The molecule has 2 aromatic rings. The number of benzene rings is 2. The summed E-state index contributed by atoms with van der Waals surface area (Å²) >= 11 is 0. The SMILES string of the molecule is COc1c(CC(=O)N[C@@H]2[C@@H](N3CCC4(CCCN4)CC3)CCCC2(F)F)cccc1-c1cc(F)cc(F)c1. The van der Waals surface area contributed by atoms with E-state index in [1.165, 1.54) is 19.2 Å². The number of ether oxygens (including phenoxy) is 1. The topological polar surface area (TPSA) is 53.6 Å². The lowest BCUT2D eigenvalue weighted by molar-refractivity contribution is -0.133. The molecular weight excluding hydrogens is 498 g/mol. The minimum absolute atomic E-state index is 0.137. The minimum Gasteiger partial charge on any atom is -0.496 e. The molecule has 0 bridgehead atoms. The zero-order valence-corrected chi connectivity index (χ0v) is 21.7. The van der Waals surface area contributed by atoms with E-state index in [1.54, 1.807) is 18.2 Å². The van der Waals surface area contributed by atoms with Gasteiger partial charge in [0.25, 0.3) is 5.92 Å². The highest BCUT2D eigenvalue weighted by Crippen LogP contribution is 2.39. The van der Waals surface area contributed by atoms with E-state index in [1.807, 2.05) is 0 Å². The fraction of sp³-hybridized carbons (Fsp3) is 0.552. The molecule has 1 spiro atoms. The number of amides is 1. The Hall–Kier alpha value is -2.65. The number of likely N-dealkylation sites (tertiary alicyclic amines) is 1. The number of methoxy groups -OCH3 is 1. The molecule has 1 amide bonds. The molecule has 2 heterocycles. The van der Waals surface area contributed by atoms with Crippen molar-refractivity contribution in [2.24, 2.45) is 0 Å². The third-order valence-corrected chi connectivity index (χ3v) is 8.55. The smallest absolute Gasteiger partial charge is 0.269 e. The van der Waals surface area contributed by atoms with Gasteiger partial charge in [0.05, 0.1) is 13.5 Å². The number of carbonyl (C=O) groups is 1. The zero-order chi connectivity index (χ0) is 26.9. The van der Waals surface area contributed by atoms with E-state index in [0.717, 1.165) is 51.4 Å². The number of nitrogens with one attached hydrogen (secondary N) is 2. The summed E-state index contributed by atoms with van der Waals surface area (Å²) in [6.45, 7) is 2.49. The lowest BCUT2D eigenvalue weighted by Gasteiger charge is -2.48. The number of carbonyl (C=O) groups excluding carboxylic acids is 1. The van der Waals surface area contributed by atoms with E-state index in [9.17, 15) is 13.6 Å². The zero-order valence-electron chi connectivity index (χ0n) is 21.7. The van der Waals surface area contributed by atoms with Gasteiger partial charge in [-0.05, 0) is 62.8 Å². The molecule has 2 aromatic carbocycles. The van der Waals surface area contributed by atoms with Gasteiger partial charge < -0.3 is 15.4 Å². The Morgan fingerprint density at radius 3 is 2.47 bits per heavy atom. The van der Waals surface area contributed by atoms with Gasteiger partial charge in [-0.3, -0.25) is 9.69 Å². The summed E-state index contributed by atoms with van der Waals surface area (Å²) in [6.07, 6.45) is 4.73. The maximum absolute atomic E-state index is 15.2. The van der Waals surface area contributed by atoms with Crippen molar-refractivity contribution in [3.8, 4) is 16.9 Å². The fourth-order valence-corrected chi connectivity index (χ4v) is 6.62. The summed E-state index contributed by atoms with van der Waals surface area (Å²) in [5.74, 6) is -4.73. The maximum Gasteiger partial charge on any atom is 0.269 e. The van der Waals surface area contributed by atoms with Crippen molar-refractivity contribution in [1.29, 1.82) is 0 Å². The monoisotopic (exact) mass is 533 g/mol. The van der Waals surface area contributed by atoms with Crippen LogP contribution in [-0.2, 0) is 11.2 Å². The largest absolute Gasteiger partial charge is 0.496 e. The quantitative estimate of drug-likeness (QED) is 0.509. The van der Waals surface area contributed by atoms with Crippen LogP contribution < -0.4 is 15.4 Å². The normalized spacial score (nSPS) is 24.9. The molecule has 3 aliphatic rings. The highest BCUT2D eigenvalue weighted by molar-refractivity contribution is 5.82. The predicted molar refractivity (Wildman–Crippen MR) is 137 cm³/mol. The Morgan fingerprint density at radius 2 is 1.82 bits per heavy atom. The molecule has 9 heteroatoms. The molecule has 3 fully saturated rings. The van der Waals surface area contributed by atoms with Crippen LogP contribution in [0, 0.1) is 11.6 Å². The molecule has 1 aliphatic carbocycles. The van der Waals surface area contributed by atoms with Gasteiger partial charge in [0.1, 0.15) is 23.4 Å². The summed E-state index contributed by atoms with van der Waals surface area (Å²) in [7, 11) is 1.41. The van der Waals surface area contributed by atoms with Crippen LogP contribution in [0.4, 0.5) is 17.6 Å². The number of rotatable bonds is 6. The second kappa shape index (κ2) is 10.8. The Kier molecular flexibility index (Phi) is 7.69. The van der Waals surface area contributed by atoms with Gasteiger partial charge in [-0.2, -0.15) is 0 Å². The third kappa shape index (κ3) is 5.54. The Morgan fingerprint density at radius 1 is 1.08 bits per heavy atom. The summed E-state index contributed by atoms with van der Waals surface area (Å²) in [4.78, 5) is 15.3. The molecular formula is C29H35F4N3O2. The van der Waals surface area contributed by atoms with Crippen molar-refractivity contribution >= 4 is 5.91 Å². The first kappa shape index (κ1) is 26.9. The van der Waals surface area contributed by atoms with E-state index in [-0.39, 0.29) is 29.7 Å². The maximum atomic E-state index is 15.2.